The van der Waals surface area contributed by atoms with Crippen molar-refractivity contribution in [3.05, 3.63) is 29.8 Å². The van der Waals surface area contributed by atoms with E-state index in [9.17, 15) is 0 Å². The molecule has 0 aromatic heterocycles. The smallest absolute Gasteiger partial charge is 0.119 e. The molecule has 3 nitrogen and oxygen atoms in total. The van der Waals surface area contributed by atoms with Gasteiger partial charge in [-0.25, -0.2) is 0 Å². The Morgan fingerprint density at radius 1 is 0.880 bits per heavy atom. The fraction of sp³-hybridized carbons (Fsp3) is 0.727. The molecule has 2 aliphatic heterocycles. The van der Waals surface area contributed by atoms with Crippen LogP contribution in [0.2, 0.25) is 0 Å². The van der Waals surface area contributed by atoms with Gasteiger partial charge in [-0.2, -0.15) is 0 Å². The Labute approximate surface area is 154 Å². The molecule has 0 amide bonds. The Morgan fingerprint density at radius 3 is 2.24 bits per heavy atom. The lowest BCUT2D eigenvalue weighted by atomic mass is 9.82. The Bertz CT molecular complexity index is 495. The maximum absolute atomic E-state index is 5.93. The van der Waals surface area contributed by atoms with Crippen LogP contribution in [0.5, 0.6) is 5.75 Å². The predicted molar refractivity (Wildman–Crippen MR) is 105 cm³/mol. The fourth-order valence-corrected chi connectivity index (χ4v) is 3.93. The van der Waals surface area contributed by atoms with E-state index in [0.29, 0.717) is 5.41 Å². The number of hydrogen-bond acceptors (Lipinski definition) is 3. The average molecular weight is 345 g/mol. The molecule has 0 aliphatic carbocycles. The molecule has 2 heterocycles. The minimum atomic E-state index is 0.530. The monoisotopic (exact) mass is 344 g/mol. The topological polar surface area (TPSA) is 15.7 Å². The number of piperidine rings is 2. The molecule has 1 aromatic rings. The van der Waals surface area contributed by atoms with Crippen molar-refractivity contribution >= 4 is 0 Å². The summed E-state index contributed by atoms with van der Waals surface area (Å²) in [7, 11) is 0. The Morgan fingerprint density at radius 2 is 1.56 bits per heavy atom. The minimum Gasteiger partial charge on any atom is -0.494 e. The summed E-state index contributed by atoms with van der Waals surface area (Å²) in [5.74, 6) is 1.02. The maximum atomic E-state index is 5.93. The molecular formula is C22H36N2O. The first-order valence-electron chi connectivity index (χ1n) is 10.3. The van der Waals surface area contributed by atoms with Gasteiger partial charge in [-0.05, 0) is 81.4 Å². The molecule has 0 unspecified atom stereocenters. The van der Waals surface area contributed by atoms with Crippen molar-refractivity contribution in [2.24, 2.45) is 5.41 Å². The molecule has 0 radical (unpaired) electrons. The van der Waals surface area contributed by atoms with Crippen molar-refractivity contribution in [2.75, 3.05) is 39.3 Å². The SMILES string of the molecule is CC1(C)CCN(Cc2ccc(OCCCN3CCCCC3)cc2)CC1. The van der Waals surface area contributed by atoms with Crippen LogP contribution in [0.15, 0.2) is 24.3 Å². The lowest BCUT2D eigenvalue weighted by molar-refractivity contribution is 0.127. The van der Waals surface area contributed by atoms with Gasteiger partial charge >= 0.3 is 0 Å². The summed E-state index contributed by atoms with van der Waals surface area (Å²) < 4.78 is 5.93. The van der Waals surface area contributed by atoms with Gasteiger partial charge in [0.1, 0.15) is 5.75 Å². The van der Waals surface area contributed by atoms with Crippen LogP contribution < -0.4 is 4.74 Å². The standard InChI is InChI=1S/C22H36N2O/c1-22(2)11-16-24(17-12-22)19-20-7-9-21(10-8-20)25-18-6-15-23-13-4-3-5-14-23/h7-10H,3-6,11-19H2,1-2H3. The lowest BCUT2D eigenvalue weighted by Crippen LogP contribution is -2.36. The minimum absolute atomic E-state index is 0.530. The van der Waals surface area contributed by atoms with Crippen molar-refractivity contribution in [1.29, 1.82) is 0 Å². The van der Waals surface area contributed by atoms with Crippen molar-refractivity contribution in [3.8, 4) is 5.75 Å². The van der Waals surface area contributed by atoms with Crippen molar-refractivity contribution in [3.63, 3.8) is 0 Å². The van der Waals surface area contributed by atoms with Gasteiger partial charge < -0.3 is 9.64 Å². The molecule has 0 N–H and O–H groups in total. The molecular weight excluding hydrogens is 308 g/mol. The quantitative estimate of drug-likeness (QED) is 0.674. The second-order valence-electron chi connectivity index (χ2n) is 8.69. The van der Waals surface area contributed by atoms with Gasteiger partial charge in [-0.1, -0.05) is 32.4 Å². The Hall–Kier alpha value is -1.06. The number of likely N-dealkylation sites (tertiary alicyclic amines) is 2. The first kappa shape index (κ1) is 18.7. The van der Waals surface area contributed by atoms with Crippen LogP contribution in [-0.2, 0) is 6.54 Å². The van der Waals surface area contributed by atoms with Crippen molar-refractivity contribution in [2.45, 2.75) is 58.9 Å². The normalized spacial score (nSPS) is 22.0. The average Bonchev–Trinajstić information content (AvgIpc) is 2.63. The summed E-state index contributed by atoms with van der Waals surface area (Å²) in [5, 5.41) is 0. The van der Waals surface area contributed by atoms with Gasteiger partial charge in [-0.3, -0.25) is 4.90 Å². The third-order valence-corrected chi connectivity index (χ3v) is 5.88. The molecule has 1 aromatic carbocycles. The second kappa shape index (κ2) is 9.05. The molecule has 2 saturated heterocycles. The molecule has 2 aliphatic rings. The molecule has 0 saturated carbocycles. The third-order valence-electron chi connectivity index (χ3n) is 5.88. The van der Waals surface area contributed by atoms with E-state index < -0.39 is 0 Å². The first-order chi connectivity index (χ1) is 12.1. The van der Waals surface area contributed by atoms with Gasteiger partial charge in [0.25, 0.3) is 0 Å². The zero-order valence-electron chi connectivity index (χ0n) is 16.3. The van der Waals surface area contributed by atoms with Gasteiger partial charge in [-0.15, -0.1) is 0 Å². The first-order valence-corrected chi connectivity index (χ1v) is 10.3. The molecule has 3 heteroatoms. The molecule has 0 atom stereocenters. The summed E-state index contributed by atoms with van der Waals surface area (Å²) >= 11 is 0. The van der Waals surface area contributed by atoms with Crippen molar-refractivity contribution in [1.82, 2.24) is 9.80 Å². The van der Waals surface area contributed by atoms with Crippen LogP contribution in [0.25, 0.3) is 0 Å². The van der Waals surface area contributed by atoms with Gasteiger partial charge in [0.15, 0.2) is 0 Å². The third kappa shape index (κ3) is 6.31. The van der Waals surface area contributed by atoms with Crippen LogP contribution in [0.1, 0.15) is 57.9 Å². The highest BCUT2D eigenvalue weighted by atomic mass is 16.5. The van der Waals surface area contributed by atoms with E-state index in [4.69, 9.17) is 4.74 Å². The van der Waals surface area contributed by atoms with Crippen LogP contribution in [0.3, 0.4) is 0 Å². The zero-order chi connectivity index (χ0) is 17.5. The molecule has 25 heavy (non-hydrogen) atoms. The highest BCUT2D eigenvalue weighted by molar-refractivity contribution is 5.27. The molecule has 3 rings (SSSR count). The van der Waals surface area contributed by atoms with E-state index >= 15 is 0 Å². The molecule has 0 spiro atoms. The van der Waals surface area contributed by atoms with Crippen LogP contribution in [0, 0.1) is 5.41 Å². The maximum Gasteiger partial charge on any atom is 0.119 e. The van der Waals surface area contributed by atoms with E-state index in [-0.39, 0.29) is 0 Å². The molecule has 2 fully saturated rings. The van der Waals surface area contributed by atoms with E-state index in [1.54, 1.807) is 0 Å². The summed E-state index contributed by atoms with van der Waals surface area (Å²) in [6, 6.07) is 8.76. The number of hydrogen-bond donors (Lipinski definition) is 0. The summed E-state index contributed by atoms with van der Waals surface area (Å²) in [6.45, 7) is 12.9. The number of rotatable bonds is 7. The number of nitrogens with zero attached hydrogens (tertiary/aromatic N) is 2. The van der Waals surface area contributed by atoms with Crippen LogP contribution >= 0.6 is 0 Å². The second-order valence-corrected chi connectivity index (χ2v) is 8.69. The predicted octanol–water partition coefficient (Wildman–Crippen LogP) is 4.56. The molecule has 0 bridgehead atoms. The van der Waals surface area contributed by atoms with Crippen LogP contribution in [-0.4, -0.2) is 49.1 Å². The van der Waals surface area contributed by atoms with Crippen LogP contribution in [0.4, 0.5) is 0 Å². The van der Waals surface area contributed by atoms with Gasteiger partial charge in [0, 0.05) is 13.1 Å². The van der Waals surface area contributed by atoms with Crippen molar-refractivity contribution < 1.29 is 4.74 Å². The fourth-order valence-electron chi connectivity index (χ4n) is 3.93. The Balaban J connectivity index is 1.34. The summed E-state index contributed by atoms with van der Waals surface area (Å²) in [5.41, 5.74) is 1.93. The summed E-state index contributed by atoms with van der Waals surface area (Å²) in [4.78, 5) is 5.16. The highest BCUT2D eigenvalue weighted by Gasteiger charge is 2.25. The summed E-state index contributed by atoms with van der Waals surface area (Å²) in [6.07, 6.45) is 7.91. The zero-order valence-corrected chi connectivity index (χ0v) is 16.3. The van der Waals surface area contributed by atoms with E-state index in [1.165, 1.54) is 70.4 Å². The van der Waals surface area contributed by atoms with Gasteiger partial charge in [0.2, 0.25) is 0 Å². The number of benzene rings is 1. The van der Waals surface area contributed by atoms with E-state index in [1.807, 2.05) is 0 Å². The number of ether oxygens (including phenoxy) is 1. The largest absolute Gasteiger partial charge is 0.494 e. The molecule has 140 valence electrons. The Kier molecular flexibility index (Phi) is 6.77. The van der Waals surface area contributed by atoms with Gasteiger partial charge in [0.05, 0.1) is 6.61 Å². The lowest BCUT2D eigenvalue weighted by Gasteiger charge is -2.36. The van der Waals surface area contributed by atoms with E-state index in [0.717, 1.165) is 25.3 Å². The highest BCUT2D eigenvalue weighted by Crippen LogP contribution is 2.30. The van der Waals surface area contributed by atoms with E-state index in [2.05, 4.69) is 47.9 Å².